The molecule has 146 valence electrons. The molecule has 1 saturated heterocycles. The van der Waals surface area contributed by atoms with Gasteiger partial charge >= 0.3 is 0 Å². The fourth-order valence-corrected chi connectivity index (χ4v) is 3.72. The van der Waals surface area contributed by atoms with E-state index in [9.17, 15) is 4.79 Å². The van der Waals surface area contributed by atoms with Crippen LogP contribution in [0, 0.1) is 0 Å². The summed E-state index contributed by atoms with van der Waals surface area (Å²) in [5.41, 5.74) is 2.00. The largest absolute Gasteiger partial charge is 0.487 e. The van der Waals surface area contributed by atoms with Crippen molar-refractivity contribution >= 4 is 11.6 Å². The number of nitrogens with zero attached hydrogens (tertiary/aromatic N) is 3. The van der Waals surface area contributed by atoms with Crippen LogP contribution in [0.1, 0.15) is 36.8 Å². The molecule has 0 aliphatic carbocycles. The Kier molecular flexibility index (Phi) is 4.81. The first-order chi connectivity index (χ1) is 13.4. The Bertz CT molecular complexity index is 962. The van der Waals surface area contributed by atoms with Crippen LogP contribution in [-0.4, -0.2) is 45.0 Å². The van der Waals surface area contributed by atoms with E-state index in [0.29, 0.717) is 31.0 Å². The number of morpholine rings is 1. The van der Waals surface area contributed by atoms with Crippen LogP contribution in [0.15, 0.2) is 54.9 Å². The molecule has 2 aromatic heterocycles. The quantitative estimate of drug-likeness (QED) is 0.696. The maximum atomic E-state index is 13.0. The summed E-state index contributed by atoms with van der Waals surface area (Å²) in [6, 6.07) is 13.2. The van der Waals surface area contributed by atoms with Crippen molar-refractivity contribution in [3.63, 3.8) is 0 Å². The minimum atomic E-state index is -0.343. The van der Waals surface area contributed by atoms with Crippen molar-refractivity contribution in [2.75, 3.05) is 13.1 Å². The molecule has 1 aliphatic heterocycles. The van der Waals surface area contributed by atoms with Crippen molar-refractivity contribution in [2.24, 2.45) is 0 Å². The third-order valence-corrected chi connectivity index (χ3v) is 4.74. The van der Waals surface area contributed by atoms with E-state index in [2.05, 4.69) is 4.98 Å². The van der Waals surface area contributed by atoms with E-state index in [1.807, 2.05) is 78.9 Å². The third kappa shape index (κ3) is 4.02. The standard InChI is InChI=1S/C22H25N3O3/c1-16-12-25(15-22(2,3)28-16)21(26)17-7-6-8-19(11-17)27-14-18-13-24-10-5-4-9-20(24)23-18/h4-11,13,16H,12,14-15H2,1-3H3/t16-/m1/s1. The predicted molar refractivity (Wildman–Crippen MR) is 106 cm³/mol. The topological polar surface area (TPSA) is 56.1 Å². The van der Waals surface area contributed by atoms with Gasteiger partial charge in [-0.3, -0.25) is 4.79 Å². The van der Waals surface area contributed by atoms with Gasteiger partial charge in [-0.2, -0.15) is 0 Å². The molecule has 3 heterocycles. The van der Waals surface area contributed by atoms with Crippen LogP contribution in [0.2, 0.25) is 0 Å². The number of rotatable bonds is 4. The highest BCUT2D eigenvalue weighted by atomic mass is 16.5. The molecule has 0 N–H and O–H groups in total. The first-order valence-corrected chi connectivity index (χ1v) is 9.52. The van der Waals surface area contributed by atoms with Gasteiger partial charge in [0.2, 0.25) is 0 Å². The van der Waals surface area contributed by atoms with E-state index >= 15 is 0 Å². The molecule has 3 aromatic rings. The number of carbonyl (C=O) groups excluding carboxylic acids is 1. The van der Waals surface area contributed by atoms with Crippen LogP contribution >= 0.6 is 0 Å². The molecule has 1 aliphatic rings. The van der Waals surface area contributed by atoms with Gasteiger partial charge in [0.25, 0.3) is 5.91 Å². The molecule has 0 bridgehead atoms. The molecular formula is C22H25N3O3. The van der Waals surface area contributed by atoms with Gasteiger partial charge in [0.15, 0.2) is 0 Å². The molecule has 4 rings (SSSR count). The number of carbonyl (C=O) groups is 1. The minimum Gasteiger partial charge on any atom is -0.487 e. The van der Waals surface area contributed by atoms with Gasteiger partial charge in [-0.05, 0) is 51.1 Å². The molecule has 0 saturated carbocycles. The summed E-state index contributed by atoms with van der Waals surface area (Å²) >= 11 is 0. The number of aromatic nitrogens is 2. The SMILES string of the molecule is C[C@@H]1CN(C(=O)c2cccc(OCc3cn4ccccc4n3)c2)CC(C)(C)O1. The molecule has 6 heteroatoms. The van der Waals surface area contributed by atoms with E-state index in [-0.39, 0.29) is 17.6 Å². The molecule has 1 amide bonds. The van der Waals surface area contributed by atoms with Crippen LogP contribution in [0.25, 0.3) is 5.65 Å². The Morgan fingerprint density at radius 3 is 2.93 bits per heavy atom. The van der Waals surface area contributed by atoms with Gasteiger partial charge in [-0.25, -0.2) is 4.98 Å². The van der Waals surface area contributed by atoms with E-state index in [1.165, 1.54) is 0 Å². The van der Waals surface area contributed by atoms with Crippen LogP contribution in [0.4, 0.5) is 0 Å². The van der Waals surface area contributed by atoms with Crippen LogP contribution in [0.3, 0.4) is 0 Å². The summed E-state index contributed by atoms with van der Waals surface area (Å²) in [5, 5.41) is 0. The van der Waals surface area contributed by atoms with Crippen molar-refractivity contribution in [3.05, 3.63) is 66.1 Å². The Morgan fingerprint density at radius 1 is 1.29 bits per heavy atom. The number of amides is 1. The Balaban J connectivity index is 1.45. The molecular weight excluding hydrogens is 354 g/mol. The first-order valence-electron chi connectivity index (χ1n) is 9.52. The lowest BCUT2D eigenvalue weighted by Crippen LogP contribution is -2.53. The summed E-state index contributed by atoms with van der Waals surface area (Å²) in [6.45, 7) is 7.53. The first kappa shape index (κ1) is 18.5. The van der Waals surface area contributed by atoms with E-state index in [4.69, 9.17) is 9.47 Å². The number of pyridine rings is 1. The number of ether oxygens (including phenoxy) is 2. The average molecular weight is 379 g/mol. The second kappa shape index (κ2) is 7.28. The third-order valence-electron chi connectivity index (χ3n) is 4.74. The highest BCUT2D eigenvalue weighted by Gasteiger charge is 2.34. The highest BCUT2D eigenvalue weighted by Crippen LogP contribution is 2.23. The van der Waals surface area contributed by atoms with Gasteiger partial charge in [-0.1, -0.05) is 12.1 Å². The van der Waals surface area contributed by atoms with Gasteiger partial charge in [-0.15, -0.1) is 0 Å². The summed E-state index contributed by atoms with van der Waals surface area (Å²) in [4.78, 5) is 19.4. The number of benzene rings is 1. The van der Waals surface area contributed by atoms with Gasteiger partial charge < -0.3 is 18.8 Å². The average Bonchev–Trinajstić information content (AvgIpc) is 3.07. The maximum Gasteiger partial charge on any atom is 0.254 e. The zero-order chi connectivity index (χ0) is 19.7. The summed E-state index contributed by atoms with van der Waals surface area (Å²) in [6.07, 6.45) is 3.92. The van der Waals surface area contributed by atoms with Crippen molar-refractivity contribution in [1.29, 1.82) is 0 Å². The summed E-state index contributed by atoms with van der Waals surface area (Å²) in [7, 11) is 0. The number of hydrogen-bond acceptors (Lipinski definition) is 4. The zero-order valence-electron chi connectivity index (χ0n) is 16.5. The molecule has 28 heavy (non-hydrogen) atoms. The number of hydrogen-bond donors (Lipinski definition) is 0. The van der Waals surface area contributed by atoms with Crippen molar-refractivity contribution in [1.82, 2.24) is 14.3 Å². The smallest absolute Gasteiger partial charge is 0.254 e. The lowest BCUT2D eigenvalue weighted by atomic mass is 10.0. The number of fused-ring (bicyclic) bond motifs is 1. The second-order valence-corrected chi connectivity index (χ2v) is 7.89. The Hall–Kier alpha value is -2.86. The molecule has 1 fully saturated rings. The molecule has 0 spiro atoms. The summed E-state index contributed by atoms with van der Waals surface area (Å²) < 4.78 is 13.7. The maximum absolute atomic E-state index is 13.0. The van der Waals surface area contributed by atoms with E-state index in [0.717, 1.165) is 11.3 Å². The Labute approximate surface area is 164 Å². The predicted octanol–water partition coefficient (Wildman–Crippen LogP) is 3.55. The molecule has 1 aromatic carbocycles. The fraction of sp³-hybridized carbons (Fsp3) is 0.364. The lowest BCUT2D eigenvalue weighted by molar-refractivity contribution is -0.118. The Morgan fingerprint density at radius 2 is 2.14 bits per heavy atom. The highest BCUT2D eigenvalue weighted by molar-refractivity contribution is 5.94. The van der Waals surface area contributed by atoms with Crippen molar-refractivity contribution in [3.8, 4) is 5.75 Å². The molecule has 0 unspecified atom stereocenters. The number of imidazole rings is 1. The zero-order valence-corrected chi connectivity index (χ0v) is 16.5. The van der Waals surface area contributed by atoms with Crippen molar-refractivity contribution < 1.29 is 14.3 Å². The molecule has 6 nitrogen and oxygen atoms in total. The van der Waals surface area contributed by atoms with Crippen molar-refractivity contribution in [2.45, 2.75) is 39.1 Å². The fourth-order valence-electron chi connectivity index (χ4n) is 3.72. The van der Waals surface area contributed by atoms with Gasteiger partial charge in [0.1, 0.15) is 18.0 Å². The molecule has 0 radical (unpaired) electrons. The normalized spacial score (nSPS) is 19.0. The van der Waals surface area contributed by atoms with E-state index in [1.54, 1.807) is 6.07 Å². The minimum absolute atomic E-state index is 0.00130. The van der Waals surface area contributed by atoms with Crippen LogP contribution in [0.5, 0.6) is 5.75 Å². The monoisotopic (exact) mass is 379 g/mol. The molecule has 1 atom stereocenters. The van der Waals surface area contributed by atoms with Crippen LogP contribution in [-0.2, 0) is 11.3 Å². The second-order valence-electron chi connectivity index (χ2n) is 7.89. The van der Waals surface area contributed by atoms with E-state index < -0.39 is 0 Å². The van der Waals surface area contributed by atoms with Gasteiger partial charge in [0.05, 0.1) is 17.4 Å². The lowest BCUT2D eigenvalue weighted by Gasteiger charge is -2.41. The van der Waals surface area contributed by atoms with Gasteiger partial charge in [0, 0.05) is 31.0 Å². The summed E-state index contributed by atoms with van der Waals surface area (Å²) in [5.74, 6) is 0.657. The van der Waals surface area contributed by atoms with Crippen LogP contribution < -0.4 is 4.74 Å².